The molecule has 2 aliphatic heterocycles. The summed E-state index contributed by atoms with van der Waals surface area (Å²) in [5.41, 5.74) is 5.89. The molecule has 0 aromatic carbocycles. The molecular weight excluding hydrogens is 506 g/mol. The molecule has 178 valence electrons. The average Bonchev–Trinajstić information content (AvgIpc) is 3.50. The summed E-state index contributed by atoms with van der Waals surface area (Å²) in [6, 6.07) is 2.13. The Bertz CT molecular complexity index is 1210. The SMILES string of the molecule is CON=C(C(=O)N[C@H]1C(=O)N2C(C(=O)O)=C(CSC(=O)c3ccco3)CS[C@@H]12)c1csc(N)n1. The highest BCUT2D eigenvalue weighted by molar-refractivity contribution is 8.14. The fraction of sp³-hybridized carbons (Fsp3) is 0.263. The number of carboxylic acid groups (broad SMARTS) is 1. The maximum atomic E-state index is 12.8. The first-order chi connectivity index (χ1) is 16.3. The molecule has 2 aromatic rings. The van der Waals surface area contributed by atoms with Gasteiger partial charge in [-0.05, 0) is 17.7 Å². The van der Waals surface area contributed by atoms with E-state index in [-0.39, 0.29) is 44.6 Å². The van der Waals surface area contributed by atoms with Gasteiger partial charge in [-0.15, -0.1) is 23.1 Å². The summed E-state index contributed by atoms with van der Waals surface area (Å²) in [4.78, 5) is 59.6. The number of thiazole rings is 1. The second-order valence-electron chi connectivity index (χ2n) is 6.87. The highest BCUT2D eigenvalue weighted by atomic mass is 32.2. The van der Waals surface area contributed by atoms with Crippen molar-refractivity contribution in [2.24, 2.45) is 5.16 Å². The summed E-state index contributed by atoms with van der Waals surface area (Å²) < 4.78 is 5.05. The fourth-order valence-corrected chi connectivity index (χ4v) is 6.14. The predicted octanol–water partition coefficient (Wildman–Crippen LogP) is 0.981. The van der Waals surface area contributed by atoms with E-state index in [4.69, 9.17) is 15.0 Å². The van der Waals surface area contributed by atoms with Crippen LogP contribution >= 0.6 is 34.9 Å². The van der Waals surface area contributed by atoms with Crippen molar-refractivity contribution < 1.29 is 33.5 Å². The number of aliphatic carboxylic acids is 1. The minimum absolute atomic E-state index is 0.0809. The molecule has 4 rings (SSSR count). The highest BCUT2D eigenvalue weighted by Gasteiger charge is 2.54. The number of nitrogens with zero attached hydrogens (tertiary/aromatic N) is 3. The van der Waals surface area contributed by atoms with Crippen LogP contribution in [0.1, 0.15) is 16.2 Å². The number of nitrogens with two attached hydrogens (primary N) is 1. The van der Waals surface area contributed by atoms with Gasteiger partial charge < -0.3 is 25.4 Å². The Morgan fingerprint density at radius 1 is 1.47 bits per heavy atom. The zero-order valence-corrected chi connectivity index (χ0v) is 19.9. The van der Waals surface area contributed by atoms with Crippen molar-refractivity contribution in [3.63, 3.8) is 0 Å². The van der Waals surface area contributed by atoms with Crippen LogP contribution in [0.25, 0.3) is 0 Å². The molecule has 4 heterocycles. The molecule has 15 heteroatoms. The largest absolute Gasteiger partial charge is 0.477 e. The molecule has 1 fully saturated rings. The number of carbonyl (C=O) groups is 4. The number of hydrogen-bond acceptors (Lipinski definition) is 12. The Balaban J connectivity index is 1.47. The third kappa shape index (κ3) is 4.53. The number of fused-ring (bicyclic) bond motifs is 1. The molecular formula is C19H17N5O7S3. The number of carbonyl (C=O) groups excluding carboxylic acids is 3. The number of furan rings is 1. The summed E-state index contributed by atoms with van der Waals surface area (Å²) in [7, 11) is 1.26. The maximum Gasteiger partial charge on any atom is 0.352 e. The molecule has 4 N–H and O–H groups in total. The van der Waals surface area contributed by atoms with Gasteiger partial charge in [-0.1, -0.05) is 16.9 Å². The van der Waals surface area contributed by atoms with E-state index in [1.807, 2.05) is 0 Å². The van der Waals surface area contributed by atoms with Crippen LogP contribution in [0.3, 0.4) is 0 Å². The van der Waals surface area contributed by atoms with Gasteiger partial charge in [0, 0.05) is 16.9 Å². The van der Waals surface area contributed by atoms with Crippen molar-refractivity contribution in [2.45, 2.75) is 11.4 Å². The van der Waals surface area contributed by atoms with Gasteiger partial charge in [0.25, 0.3) is 16.9 Å². The van der Waals surface area contributed by atoms with Crippen molar-refractivity contribution >= 4 is 68.6 Å². The van der Waals surface area contributed by atoms with Gasteiger partial charge in [0.1, 0.15) is 29.9 Å². The molecule has 2 aliphatic rings. The maximum absolute atomic E-state index is 12.8. The number of amides is 2. The number of hydrogen-bond donors (Lipinski definition) is 3. The van der Waals surface area contributed by atoms with Crippen molar-refractivity contribution in [3.8, 4) is 0 Å². The monoisotopic (exact) mass is 523 g/mol. The number of carboxylic acids is 1. The number of oxime groups is 1. The number of β-lactam (4-membered cyclic amide) rings is 1. The smallest absolute Gasteiger partial charge is 0.352 e. The Hall–Kier alpha value is -3.30. The molecule has 0 radical (unpaired) electrons. The highest BCUT2D eigenvalue weighted by Crippen LogP contribution is 2.41. The number of nitrogens with one attached hydrogen (secondary N) is 1. The molecule has 0 spiro atoms. The lowest BCUT2D eigenvalue weighted by molar-refractivity contribution is -0.150. The van der Waals surface area contributed by atoms with E-state index in [1.54, 1.807) is 6.07 Å². The average molecular weight is 524 g/mol. The van der Waals surface area contributed by atoms with E-state index in [0.29, 0.717) is 5.57 Å². The lowest BCUT2D eigenvalue weighted by atomic mass is 10.0. The van der Waals surface area contributed by atoms with Crippen LogP contribution in [-0.4, -0.2) is 73.6 Å². The number of rotatable bonds is 8. The van der Waals surface area contributed by atoms with E-state index < -0.39 is 29.2 Å². The van der Waals surface area contributed by atoms with E-state index in [2.05, 4.69) is 15.5 Å². The van der Waals surface area contributed by atoms with E-state index in [0.717, 1.165) is 28.0 Å². The molecule has 0 bridgehead atoms. The molecule has 1 saturated heterocycles. The van der Waals surface area contributed by atoms with Gasteiger partial charge in [-0.3, -0.25) is 19.3 Å². The molecule has 12 nitrogen and oxygen atoms in total. The van der Waals surface area contributed by atoms with Gasteiger partial charge in [-0.25, -0.2) is 9.78 Å². The first kappa shape index (κ1) is 23.8. The molecule has 0 unspecified atom stereocenters. The normalized spacial score (nSPS) is 20.0. The minimum Gasteiger partial charge on any atom is -0.477 e. The van der Waals surface area contributed by atoms with Crippen LogP contribution in [0, 0.1) is 0 Å². The summed E-state index contributed by atoms with van der Waals surface area (Å²) in [6.45, 7) is 0. The van der Waals surface area contributed by atoms with Gasteiger partial charge in [0.15, 0.2) is 16.6 Å². The standard InChI is InChI=1S/C19H17N5O7S3/c1-30-23-11(9-7-34-19(20)21-9)14(25)22-12-15(26)24-13(17(27)28)8(5-32-16(12)24)6-33-18(29)10-3-2-4-31-10/h2-4,7,12,16H,5-6H2,1H3,(H2,20,21)(H,22,25)(H,27,28)/t12-,16-/m0/s1. The summed E-state index contributed by atoms with van der Waals surface area (Å²) in [5.74, 6) is -2.08. The van der Waals surface area contributed by atoms with Crippen LogP contribution in [0.15, 0.2) is 44.6 Å². The van der Waals surface area contributed by atoms with Crippen LogP contribution in [-0.2, 0) is 19.2 Å². The van der Waals surface area contributed by atoms with E-state index in [9.17, 15) is 24.3 Å². The third-order valence-electron chi connectivity index (χ3n) is 4.80. The predicted molar refractivity (Wildman–Crippen MR) is 125 cm³/mol. The number of anilines is 1. The second-order valence-corrected chi connectivity index (χ2v) is 9.81. The summed E-state index contributed by atoms with van der Waals surface area (Å²) in [5, 5.41) is 16.8. The molecule has 0 saturated carbocycles. The van der Waals surface area contributed by atoms with Crippen LogP contribution in [0.5, 0.6) is 0 Å². The molecule has 2 amide bonds. The number of thioether (sulfide) groups is 2. The molecule has 2 aromatic heterocycles. The van der Waals surface area contributed by atoms with Crippen LogP contribution in [0.4, 0.5) is 5.13 Å². The van der Waals surface area contributed by atoms with Crippen LogP contribution in [0.2, 0.25) is 0 Å². The first-order valence-corrected chi connectivity index (χ1v) is 12.5. The lowest BCUT2D eigenvalue weighted by Crippen LogP contribution is -2.71. The zero-order valence-electron chi connectivity index (χ0n) is 17.4. The quantitative estimate of drug-likeness (QED) is 0.255. The second kappa shape index (κ2) is 9.90. The summed E-state index contributed by atoms with van der Waals surface area (Å²) in [6.07, 6.45) is 1.37. The van der Waals surface area contributed by atoms with Gasteiger partial charge in [0.2, 0.25) is 0 Å². The van der Waals surface area contributed by atoms with Gasteiger partial charge in [-0.2, -0.15) is 0 Å². The number of nitrogen functional groups attached to an aromatic ring is 1. The lowest BCUT2D eigenvalue weighted by Gasteiger charge is -2.49. The minimum atomic E-state index is -1.29. The Labute approximate surface area is 204 Å². The Morgan fingerprint density at radius 2 is 2.26 bits per heavy atom. The first-order valence-electron chi connectivity index (χ1n) is 9.55. The van der Waals surface area contributed by atoms with Crippen molar-refractivity contribution in [2.75, 3.05) is 24.3 Å². The van der Waals surface area contributed by atoms with E-state index in [1.165, 1.54) is 36.6 Å². The fourth-order valence-electron chi connectivity index (χ4n) is 3.31. The third-order valence-corrected chi connectivity index (χ3v) is 7.77. The topological polar surface area (TPSA) is 177 Å². The van der Waals surface area contributed by atoms with E-state index >= 15 is 0 Å². The number of aromatic nitrogens is 1. The van der Waals surface area contributed by atoms with Crippen molar-refractivity contribution in [3.05, 3.63) is 46.5 Å². The molecule has 34 heavy (non-hydrogen) atoms. The van der Waals surface area contributed by atoms with Gasteiger partial charge in [0.05, 0.1) is 6.26 Å². The molecule has 0 aliphatic carbocycles. The Morgan fingerprint density at radius 3 is 2.88 bits per heavy atom. The van der Waals surface area contributed by atoms with Crippen molar-refractivity contribution in [1.82, 2.24) is 15.2 Å². The van der Waals surface area contributed by atoms with Crippen molar-refractivity contribution in [1.29, 1.82) is 0 Å². The van der Waals surface area contributed by atoms with Crippen LogP contribution < -0.4 is 11.1 Å². The molecule has 2 atom stereocenters. The van der Waals surface area contributed by atoms with Gasteiger partial charge >= 0.3 is 5.97 Å². The summed E-state index contributed by atoms with van der Waals surface area (Å²) >= 11 is 3.29. The zero-order chi connectivity index (χ0) is 24.4. The Kier molecular flexibility index (Phi) is 6.95.